The van der Waals surface area contributed by atoms with E-state index in [4.69, 9.17) is 23.2 Å². The summed E-state index contributed by atoms with van der Waals surface area (Å²) in [5.41, 5.74) is 0.277. The lowest BCUT2D eigenvalue weighted by Gasteiger charge is -2.11. The molecule has 1 N–H and O–H groups in total. The van der Waals surface area contributed by atoms with Crippen molar-refractivity contribution >= 4 is 38.9 Å². The van der Waals surface area contributed by atoms with Crippen LogP contribution >= 0.6 is 23.2 Å². The SMILES string of the molecule is O=c1c(NS(=O)(=O)c2ccccc2)cccn1Cc1ccc(Cl)c(Cl)c1. The molecule has 0 bridgehead atoms. The molecule has 26 heavy (non-hydrogen) atoms. The number of hydrogen-bond acceptors (Lipinski definition) is 3. The number of aromatic nitrogens is 1. The first kappa shape index (κ1) is 18.5. The van der Waals surface area contributed by atoms with Gasteiger partial charge in [0, 0.05) is 6.20 Å². The molecule has 3 aromatic rings. The van der Waals surface area contributed by atoms with Crippen molar-refractivity contribution < 1.29 is 8.42 Å². The first-order chi connectivity index (χ1) is 12.4. The van der Waals surface area contributed by atoms with Gasteiger partial charge in [0.2, 0.25) is 0 Å². The summed E-state index contributed by atoms with van der Waals surface area (Å²) in [6.45, 7) is 0.233. The van der Waals surface area contributed by atoms with Crippen LogP contribution in [0.15, 0.2) is 76.6 Å². The van der Waals surface area contributed by atoms with E-state index in [9.17, 15) is 13.2 Å². The van der Waals surface area contributed by atoms with Crippen LogP contribution in [0, 0.1) is 0 Å². The van der Waals surface area contributed by atoms with Crippen molar-refractivity contribution in [1.82, 2.24) is 4.57 Å². The van der Waals surface area contributed by atoms with E-state index in [0.717, 1.165) is 5.56 Å². The van der Waals surface area contributed by atoms with Gasteiger partial charge in [-0.25, -0.2) is 8.42 Å². The predicted octanol–water partition coefficient (Wildman–Crippen LogP) is 4.00. The highest BCUT2D eigenvalue weighted by molar-refractivity contribution is 7.92. The molecular formula is C18H14Cl2N2O3S. The van der Waals surface area contributed by atoms with Crippen molar-refractivity contribution in [1.29, 1.82) is 0 Å². The zero-order chi connectivity index (χ0) is 18.7. The van der Waals surface area contributed by atoms with E-state index in [1.165, 1.54) is 22.8 Å². The number of anilines is 1. The maximum absolute atomic E-state index is 12.6. The highest BCUT2D eigenvalue weighted by atomic mass is 35.5. The maximum atomic E-state index is 12.6. The van der Waals surface area contributed by atoms with Crippen molar-refractivity contribution in [2.45, 2.75) is 11.4 Å². The molecule has 5 nitrogen and oxygen atoms in total. The maximum Gasteiger partial charge on any atom is 0.275 e. The van der Waals surface area contributed by atoms with Crippen molar-refractivity contribution in [2.75, 3.05) is 4.72 Å². The average molecular weight is 409 g/mol. The number of pyridine rings is 1. The Hall–Kier alpha value is -2.28. The van der Waals surface area contributed by atoms with Gasteiger partial charge in [0.1, 0.15) is 5.69 Å². The molecule has 0 aliphatic rings. The molecule has 3 rings (SSSR count). The van der Waals surface area contributed by atoms with Crippen LogP contribution in [0.1, 0.15) is 5.56 Å². The van der Waals surface area contributed by atoms with Crippen molar-refractivity contribution in [2.24, 2.45) is 0 Å². The zero-order valence-corrected chi connectivity index (χ0v) is 15.7. The van der Waals surface area contributed by atoms with Crippen LogP contribution in [-0.4, -0.2) is 13.0 Å². The number of hydrogen-bond donors (Lipinski definition) is 1. The standard InChI is InChI=1S/C18H14Cl2N2O3S/c19-15-9-8-13(11-16(15)20)12-22-10-4-7-17(18(22)23)21-26(24,25)14-5-2-1-3-6-14/h1-11,21H,12H2. The molecule has 0 saturated carbocycles. The fourth-order valence-electron chi connectivity index (χ4n) is 2.38. The highest BCUT2D eigenvalue weighted by Gasteiger charge is 2.16. The van der Waals surface area contributed by atoms with E-state index < -0.39 is 15.6 Å². The lowest BCUT2D eigenvalue weighted by molar-refractivity contribution is 0.601. The van der Waals surface area contributed by atoms with Gasteiger partial charge in [-0.2, -0.15) is 0 Å². The Kier molecular flexibility index (Phi) is 5.36. The molecule has 2 aromatic carbocycles. The largest absolute Gasteiger partial charge is 0.309 e. The summed E-state index contributed by atoms with van der Waals surface area (Å²) < 4.78 is 28.6. The van der Waals surface area contributed by atoms with Crippen molar-refractivity contribution in [3.8, 4) is 0 Å². The zero-order valence-electron chi connectivity index (χ0n) is 13.4. The first-order valence-corrected chi connectivity index (χ1v) is 9.82. The third kappa shape index (κ3) is 4.09. The summed E-state index contributed by atoms with van der Waals surface area (Å²) in [7, 11) is -3.84. The summed E-state index contributed by atoms with van der Waals surface area (Å²) in [4.78, 5) is 12.7. The summed E-state index contributed by atoms with van der Waals surface area (Å²) in [6.07, 6.45) is 1.57. The molecular weight excluding hydrogens is 395 g/mol. The molecule has 0 saturated heterocycles. The summed E-state index contributed by atoms with van der Waals surface area (Å²) >= 11 is 11.9. The number of halogens is 2. The molecule has 1 aromatic heterocycles. The molecule has 0 aliphatic heterocycles. The van der Waals surface area contributed by atoms with Gasteiger partial charge in [-0.15, -0.1) is 0 Å². The van der Waals surface area contributed by atoms with Gasteiger partial charge in [-0.1, -0.05) is 47.5 Å². The first-order valence-electron chi connectivity index (χ1n) is 7.58. The molecule has 1 heterocycles. The second kappa shape index (κ2) is 7.53. The third-order valence-electron chi connectivity index (χ3n) is 3.65. The minimum atomic E-state index is -3.84. The minimum Gasteiger partial charge on any atom is -0.309 e. The summed E-state index contributed by atoms with van der Waals surface area (Å²) in [5, 5.41) is 0.810. The van der Waals surface area contributed by atoms with E-state index in [0.29, 0.717) is 10.0 Å². The van der Waals surface area contributed by atoms with E-state index >= 15 is 0 Å². The van der Waals surface area contributed by atoms with Crippen LogP contribution in [0.4, 0.5) is 5.69 Å². The quantitative estimate of drug-likeness (QED) is 0.693. The summed E-state index contributed by atoms with van der Waals surface area (Å²) in [6, 6.07) is 15.9. The van der Waals surface area contributed by atoms with Crippen LogP contribution in [0.2, 0.25) is 10.0 Å². The lowest BCUT2D eigenvalue weighted by Crippen LogP contribution is -2.26. The topological polar surface area (TPSA) is 68.2 Å². The van der Waals surface area contributed by atoms with E-state index in [1.54, 1.807) is 48.7 Å². The number of rotatable bonds is 5. The monoisotopic (exact) mass is 408 g/mol. The van der Waals surface area contributed by atoms with Crippen LogP contribution in [-0.2, 0) is 16.6 Å². The Balaban J connectivity index is 1.90. The molecule has 0 spiro atoms. The van der Waals surface area contributed by atoms with Gasteiger partial charge in [-0.05, 0) is 42.0 Å². The Bertz CT molecular complexity index is 1100. The van der Waals surface area contributed by atoms with Gasteiger partial charge in [0.05, 0.1) is 21.5 Å². The molecule has 0 aliphatic carbocycles. The van der Waals surface area contributed by atoms with Crippen LogP contribution in [0.3, 0.4) is 0 Å². The van der Waals surface area contributed by atoms with E-state index in [-0.39, 0.29) is 17.1 Å². The van der Waals surface area contributed by atoms with E-state index in [1.807, 2.05) is 0 Å². The lowest BCUT2D eigenvalue weighted by atomic mass is 10.2. The number of nitrogens with one attached hydrogen (secondary N) is 1. The number of sulfonamides is 1. The van der Waals surface area contributed by atoms with Crippen LogP contribution < -0.4 is 10.3 Å². The minimum absolute atomic E-state index is 0.0311. The Morgan fingerprint density at radius 1 is 0.923 bits per heavy atom. The second-order valence-electron chi connectivity index (χ2n) is 5.52. The molecule has 0 radical (unpaired) electrons. The Morgan fingerprint density at radius 3 is 2.35 bits per heavy atom. The van der Waals surface area contributed by atoms with Gasteiger partial charge in [0.25, 0.3) is 15.6 Å². The Morgan fingerprint density at radius 2 is 1.65 bits per heavy atom. The fourth-order valence-corrected chi connectivity index (χ4v) is 3.78. The van der Waals surface area contributed by atoms with Crippen molar-refractivity contribution in [3.05, 3.63) is 92.8 Å². The molecule has 134 valence electrons. The third-order valence-corrected chi connectivity index (χ3v) is 5.78. The second-order valence-corrected chi connectivity index (χ2v) is 8.02. The summed E-state index contributed by atoms with van der Waals surface area (Å²) in [5.74, 6) is 0. The highest BCUT2D eigenvalue weighted by Crippen LogP contribution is 2.23. The van der Waals surface area contributed by atoms with Gasteiger partial charge >= 0.3 is 0 Å². The average Bonchev–Trinajstić information content (AvgIpc) is 2.62. The van der Waals surface area contributed by atoms with E-state index in [2.05, 4.69) is 4.72 Å². The predicted molar refractivity (Wildman–Crippen MR) is 104 cm³/mol. The van der Waals surface area contributed by atoms with Gasteiger partial charge in [-0.3, -0.25) is 9.52 Å². The molecule has 0 atom stereocenters. The normalized spacial score (nSPS) is 11.3. The van der Waals surface area contributed by atoms with Crippen LogP contribution in [0.25, 0.3) is 0 Å². The van der Waals surface area contributed by atoms with Crippen molar-refractivity contribution in [3.63, 3.8) is 0 Å². The number of benzene rings is 2. The molecule has 0 amide bonds. The Labute approximate surface area is 160 Å². The van der Waals surface area contributed by atoms with Crippen LogP contribution in [0.5, 0.6) is 0 Å². The molecule has 8 heteroatoms. The fraction of sp³-hybridized carbons (Fsp3) is 0.0556. The smallest absolute Gasteiger partial charge is 0.275 e. The van der Waals surface area contributed by atoms with Gasteiger partial charge < -0.3 is 4.57 Å². The molecule has 0 fully saturated rings. The van der Waals surface area contributed by atoms with Gasteiger partial charge in [0.15, 0.2) is 0 Å². The molecule has 0 unspecified atom stereocenters. The number of nitrogens with zero attached hydrogens (tertiary/aromatic N) is 1.